The van der Waals surface area contributed by atoms with Crippen molar-refractivity contribution >= 4 is 22.6 Å². The molecule has 0 aliphatic carbocycles. The molecule has 0 radical (unpaired) electrons. The summed E-state index contributed by atoms with van der Waals surface area (Å²) in [4.78, 5) is 14.2. The van der Waals surface area contributed by atoms with Crippen LogP contribution in [0.15, 0.2) is 66.7 Å². The van der Waals surface area contributed by atoms with Gasteiger partial charge in [-0.1, -0.05) is 13.3 Å². The number of carbonyl (C=O) groups is 1. The summed E-state index contributed by atoms with van der Waals surface area (Å²) in [7, 11) is 1.63. The highest BCUT2D eigenvalue weighted by Gasteiger charge is 2.10. The molecule has 1 N–H and O–H groups in total. The average Bonchev–Trinajstić information content (AvgIpc) is 3.23. The smallest absolute Gasteiger partial charge is 0.255 e. The zero-order valence-electron chi connectivity index (χ0n) is 17.5. The molecule has 0 aliphatic heterocycles. The summed E-state index contributed by atoms with van der Waals surface area (Å²) in [5.74, 6) is 1.34. The van der Waals surface area contributed by atoms with E-state index in [9.17, 15) is 4.79 Å². The first-order chi connectivity index (χ1) is 15.2. The minimum absolute atomic E-state index is 0.193. The molecule has 0 saturated carbocycles. The molecule has 4 rings (SSSR count). The van der Waals surface area contributed by atoms with Gasteiger partial charge in [0.15, 0.2) is 0 Å². The molecule has 3 aromatic carbocycles. The van der Waals surface area contributed by atoms with E-state index in [0.717, 1.165) is 35.5 Å². The van der Waals surface area contributed by atoms with Crippen molar-refractivity contribution in [2.24, 2.45) is 0 Å². The quantitative estimate of drug-likeness (QED) is 0.415. The Morgan fingerprint density at radius 3 is 2.35 bits per heavy atom. The van der Waals surface area contributed by atoms with Crippen molar-refractivity contribution in [3.63, 3.8) is 0 Å². The van der Waals surface area contributed by atoms with E-state index in [1.165, 1.54) is 0 Å². The standard InChI is InChI=1S/C24H24N4O3/c1-3-4-15-31-21-10-5-17(6-11-21)24(29)25-18-7-14-22-23(16-18)27-28(26-22)19-8-12-20(30-2)13-9-19/h5-14,16H,3-4,15H2,1-2H3,(H,25,29). The molecule has 0 spiro atoms. The number of nitrogens with zero attached hydrogens (tertiary/aromatic N) is 3. The van der Waals surface area contributed by atoms with Crippen LogP contribution in [0.5, 0.6) is 11.5 Å². The van der Waals surface area contributed by atoms with E-state index in [0.29, 0.717) is 23.4 Å². The summed E-state index contributed by atoms with van der Waals surface area (Å²) >= 11 is 0. The molecule has 158 valence electrons. The molecule has 0 fully saturated rings. The second-order valence-electron chi connectivity index (χ2n) is 7.07. The number of unbranched alkanes of at least 4 members (excludes halogenated alkanes) is 1. The summed E-state index contributed by atoms with van der Waals surface area (Å²) < 4.78 is 10.8. The van der Waals surface area contributed by atoms with Crippen LogP contribution >= 0.6 is 0 Å². The Bertz CT molecular complexity index is 1170. The summed E-state index contributed by atoms with van der Waals surface area (Å²) in [5.41, 5.74) is 3.46. The Kier molecular flexibility index (Phi) is 6.12. The van der Waals surface area contributed by atoms with Crippen molar-refractivity contribution in [2.75, 3.05) is 19.0 Å². The normalized spacial score (nSPS) is 10.8. The molecule has 0 bridgehead atoms. The zero-order valence-corrected chi connectivity index (χ0v) is 17.5. The number of hydrogen-bond donors (Lipinski definition) is 1. The van der Waals surface area contributed by atoms with Crippen LogP contribution in [0.1, 0.15) is 30.1 Å². The third-order valence-corrected chi connectivity index (χ3v) is 4.82. The van der Waals surface area contributed by atoms with Crippen LogP contribution in [0.3, 0.4) is 0 Å². The maximum atomic E-state index is 12.6. The highest BCUT2D eigenvalue weighted by Crippen LogP contribution is 2.20. The number of aromatic nitrogens is 3. The topological polar surface area (TPSA) is 78.3 Å². The highest BCUT2D eigenvalue weighted by atomic mass is 16.5. The Labute approximate surface area is 180 Å². The van der Waals surface area contributed by atoms with E-state index in [2.05, 4.69) is 22.4 Å². The third-order valence-electron chi connectivity index (χ3n) is 4.82. The monoisotopic (exact) mass is 416 g/mol. The van der Waals surface area contributed by atoms with E-state index in [-0.39, 0.29) is 5.91 Å². The maximum absolute atomic E-state index is 12.6. The Morgan fingerprint density at radius 1 is 0.935 bits per heavy atom. The summed E-state index contributed by atoms with van der Waals surface area (Å²) in [6.45, 7) is 2.80. The molecule has 7 heteroatoms. The Balaban J connectivity index is 1.46. The fraction of sp³-hybridized carbons (Fsp3) is 0.208. The van der Waals surface area contributed by atoms with Gasteiger partial charge in [0.1, 0.15) is 22.5 Å². The van der Waals surface area contributed by atoms with Crippen molar-refractivity contribution in [3.8, 4) is 17.2 Å². The lowest BCUT2D eigenvalue weighted by Gasteiger charge is -2.07. The van der Waals surface area contributed by atoms with Crippen molar-refractivity contribution in [1.82, 2.24) is 15.0 Å². The van der Waals surface area contributed by atoms with Gasteiger partial charge in [-0.3, -0.25) is 4.79 Å². The number of fused-ring (bicyclic) bond motifs is 1. The molecule has 1 amide bonds. The van der Waals surface area contributed by atoms with Crippen LogP contribution in [0.4, 0.5) is 5.69 Å². The Hall–Kier alpha value is -3.87. The molecule has 0 unspecified atom stereocenters. The summed E-state index contributed by atoms with van der Waals surface area (Å²) in [5, 5.41) is 11.9. The predicted octanol–water partition coefficient (Wildman–Crippen LogP) is 4.86. The van der Waals surface area contributed by atoms with Gasteiger partial charge in [-0.2, -0.15) is 4.80 Å². The molecule has 0 atom stereocenters. The van der Waals surface area contributed by atoms with Gasteiger partial charge in [0, 0.05) is 11.3 Å². The molecule has 0 aliphatic rings. The number of nitrogens with one attached hydrogen (secondary N) is 1. The van der Waals surface area contributed by atoms with E-state index < -0.39 is 0 Å². The van der Waals surface area contributed by atoms with Gasteiger partial charge in [-0.05, 0) is 73.2 Å². The minimum Gasteiger partial charge on any atom is -0.497 e. The fourth-order valence-corrected chi connectivity index (χ4v) is 3.06. The van der Waals surface area contributed by atoms with Gasteiger partial charge in [-0.15, -0.1) is 10.2 Å². The lowest BCUT2D eigenvalue weighted by atomic mass is 10.2. The summed E-state index contributed by atoms with van der Waals surface area (Å²) in [6.07, 6.45) is 2.09. The highest BCUT2D eigenvalue weighted by molar-refractivity contribution is 6.05. The molecule has 7 nitrogen and oxygen atoms in total. The van der Waals surface area contributed by atoms with Crippen LogP contribution in [-0.4, -0.2) is 34.6 Å². The lowest BCUT2D eigenvalue weighted by Crippen LogP contribution is -2.11. The first kappa shape index (κ1) is 20.4. The van der Waals surface area contributed by atoms with Crippen molar-refractivity contribution in [2.45, 2.75) is 19.8 Å². The second kappa shape index (κ2) is 9.30. The Morgan fingerprint density at radius 2 is 1.65 bits per heavy atom. The molecular formula is C24H24N4O3. The number of amides is 1. The largest absolute Gasteiger partial charge is 0.497 e. The molecule has 0 saturated heterocycles. The van der Waals surface area contributed by atoms with E-state index in [4.69, 9.17) is 9.47 Å². The van der Waals surface area contributed by atoms with Gasteiger partial charge in [-0.25, -0.2) is 0 Å². The van der Waals surface area contributed by atoms with Gasteiger partial charge in [0.25, 0.3) is 5.91 Å². The van der Waals surface area contributed by atoms with Gasteiger partial charge in [0.2, 0.25) is 0 Å². The van der Waals surface area contributed by atoms with Crippen molar-refractivity contribution in [3.05, 3.63) is 72.3 Å². The van der Waals surface area contributed by atoms with Gasteiger partial charge in [0.05, 0.1) is 19.4 Å². The van der Waals surface area contributed by atoms with Crippen LogP contribution in [-0.2, 0) is 0 Å². The minimum atomic E-state index is -0.193. The number of carbonyl (C=O) groups excluding carboxylic acids is 1. The molecule has 1 aromatic heterocycles. The van der Waals surface area contributed by atoms with E-state index >= 15 is 0 Å². The lowest BCUT2D eigenvalue weighted by molar-refractivity contribution is 0.102. The number of methoxy groups -OCH3 is 1. The maximum Gasteiger partial charge on any atom is 0.255 e. The van der Waals surface area contributed by atoms with Crippen LogP contribution in [0.25, 0.3) is 16.7 Å². The van der Waals surface area contributed by atoms with Crippen LogP contribution in [0, 0.1) is 0 Å². The number of anilines is 1. The number of benzene rings is 3. The fourth-order valence-electron chi connectivity index (χ4n) is 3.06. The molecule has 1 heterocycles. The number of ether oxygens (including phenoxy) is 2. The summed E-state index contributed by atoms with van der Waals surface area (Å²) in [6, 6.07) is 20.1. The van der Waals surface area contributed by atoms with Crippen molar-refractivity contribution < 1.29 is 14.3 Å². The average molecular weight is 416 g/mol. The van der Waals surface area contributed by atoms with E-state index in [1.54, 1.807) is 24.0 Å². The first-order valence-electron chi connectivity index (χ1n) is 10.2. The molecular weight excluding hydrogens is 392 g/mol. The SMILES string of the molecule is CCCCOc1ccc(C(=O)Nc2ccc3nn(-c4ccc(OC)cc4)nc3c2)cc1. The van der Waals surface area contributed by atoms with E-state index in [1.807, 2.05) is 54.6 Å². The van der Waals surface area contributed by atoms with Gasteiger partial charge < -0.3 is 14.8 Å². The molecule has 31 heavy (non-hydrogen) atoms. The zero-order chi connectivity index (χ0) is 21.6. The van der Waals surface area contributed by atoms with Crippen LogP contribution < -0.4 is 14.8 Å². The number of rotatable bonds is 8. The predicted molar refractivity (Wildman–Crippen MR) is 120 cm³/mol. The first-order valence-corrected chi connectivity index (χ1v) is 10.2. The number of hydrogen-bond acceptors (Lipinski definition) is 5. The third kappa shape index (κ3) is 4.83. The second-order valence-corrected chi connectivity index (χ2v) is 7.07. The molecule has 4 aromatic rings. The van der Waals surface area contributed by atoms with Crippen LogP contribution in [0.2, 0.25) is 0 Å². The van der Waals surface area contributed by atoms with Crippen molar-refractivity contribution in [1.29, 1.82) is 0 Å². The van der Waals surface area contributed by atoms with Gasteiger partial charge >= 0.3 is 0 Å².